The second-order valence-corrected chi connectivity index (χ2v) is 7.60. The first-order chi connectivity index (χ1) is 14.2. The molecule has 0 spiro atoms. The van der Waals surface area contributed by atoms with Crippen molar-refractivity contribution in [3.05, 3.63) is 52.0 Å². The Morgan fingerprint density at radius 1 is 1.07 bits per heavy atom. The van der Waals surface area contributed by atoms with Crippen LogP contribution in [0, 0.1) is 0 Å². The lowest BCUT2D eigenvalue weighted by Crippen LogP contribution is -2.42. The van der Waals surface area contributed by atoms with Crippen molar-refractivity contribution >= 4 is 46.7 Å². The number of carbonyl (C=O) groups is 3. The summed E-state index contributed by atoms with van der Waals surface area (Å²) in [6.45, 7) is 1.08. The Balaban J connectivity index is 1.79. The maximum atomic E-state index is 13.0. The molecule has 4 amide bonds. The van der Waals surface area contributed by atoms with Gasteiger partial charge in [0.1, 0.15) is 12.1 Å². The summed E-state index contributed by atoms with van der Waals surface area (Å²) in [6.07, 6.45) is 0. The van der Waals surface area contributed by atoms with Crippen molar-refractivity contribution in [1.82, 2.24) is 10.2 Å². The summed E-state index contributed by atoms with van der Waals surface area (Å²) in [5.41, 5.74) is -0.522. The largest absolute Gasteiger partial charge is 0.493 e. The first kappa shape index (κ1) is 21.7. The van der Waals surface area contributed by atoms with Crippen molar-refractivity contribution < 1.29 is 23.9 Å². The number of imide groups is 1. The number of carbonyl (C=O) groups excluding carboxylic acids is 3. The van der Waals surface area contributed by atoms with Crippen molar-refractivity contribution in [2.24, 2.45) is 0 Å². The van der Waals surface area contributed by atoms with E-state index < -0.39 is 29.9 Å². The van der Waals surface area contributed by atoms with Gasteiger partial charge < -0.3 is 20.1 Å². The van der Waals surface area contributed by atoms with Crippen LogP contribution in [0.5, 0.6) is 11.5 Å². The topological polar surface area (TPSA) is 97.0 Å². The summed E-state index contributed by atoms with van der Waals surface area (Å²) >= 11 is 11.8. The predicted molar refractivity (Wildman–Crippen MR) is 112 cm³/mol. The Bertz CT molecular complexity index is 1010. The molecule has 1 heterocycles. The van der Waals surface area contributed by atoms with Crippen LogP contribution in [0.1, 0.15) is 12.5 Å². The molecule has 1 fully saturated rings. The third-order valence-electron chi connectivity index (χ3n) is 4.68. The minimum absolute atomic E-state index is 0.342. The number of hydrogen-bond donors (Lipinski definition) is 2. The van der Waals surface area contributed by atoms with Gasteiger partial charge in [-0.1, -0.05) is 29.3 Å². The number of nitrogens with zero attached hydrogens (tertiary/aromatic N) is 1. The Labute approximate surface area is 183 Å². The van der Waals surface area contributed by atoms with Gasteiger partial charge in [-0.25, -0.2) is 4.79 Å². The molecule has 1 aliphatic heterocycles. The highest BCUT2D eigenvalue weighted by molar-refractivity contribution is 6.35. The number of amides is 4. The molecule has 0 radical (unpaired) electrons. The smallest absolute Gasteiger partial charge is 0.325 e. The molecule has 8 nitrogen and oxygen atoms in total. The third kappa shape index (κ3) is 4.15. The molecule has 30 heavy (non-hydrogen) atoms. The Morgan fingerprint density at radius 2 is 1.70 bits per heavy atom. The first-order valence-corrected chi connectivity index (χ1v) is 9.56. The molecular formula is C20H19Cl2N3O5. The van der Waals surface area contributed by atoms with E-state index in [1.54, 1.807) is 25.1 Å². The van der Waals surface area contributed by atoms with Gasteiger partial charge in [0.15, 0.2) is 11.5 Å². The fourth-order valence-electron chi connectivity index (χ4n) is 3.15. The lowest BCUT2D eigenvalue weighted by atomic mass is 9.91. The second-order valence-electron chi connectivity index (χ2n) is 6.72. The fraction of sp³-hybridized carbons (Fsp3) is 0.250. The SMILES string of the molecule is COc1ccc(C2(C)NC(=O)N(CC(=O)Nc3cc(Cl)cc(Cl)c3)C2=O)cc1OC. The van der Waals surface area contributed by atoms with Crippen LogP contribution in [0.2, 0.25) is 10.0 Å². The van der Waals surface area contributed by atoms with Gasteiger partial charge in [-0.05, 0) is 42.8 Å². The van der Waals surface area contributed by atoms with E-state index in [1.807, 2.05) is 0 Å². The molecule has 10 heteroatoms. The molecule has 2 aromatic carbocycles. The summed E-state index contributed by atoms with van der Waals surface area (Å²) in [5, 5.41) is 5.90. The molecule has 1 unspecified atom stereocenters. The van der Waals surface area contributed by atoms with Gasteiger partial charge in [-0.3, -0.25) is 14.5 Å². The summed E-state index contributed by atoms with van der Waals surface area (Å²) in [5.74, 6) is -0.252. The van der Waals surface area contributed by atoms with Crippen molar-refractivity contribution in [3.63, 3.8) is 0 Å². The minimum Gasteiger partial charge on any atom is -0.493 e. The highest BCUT2D eigenvalue weighted by Crippen LogP contribution is 2.35. The molecule has 2 aromatic rings. The van der Waals surface area contributed by atoms with Crippen LogP contribution in [0.3, 0.4) is 0 Å². The molecule has 158 valence electrons. The van der Waals surface area contributed by atoms with E-state index in [0.29, 0.717) is 32.8 Å². The molecular weight excluding hydrogens is 433 g/mol. The van der Waals surface area contributed by atoms with Crippen LogP contribution in [0.25, 0.3) is 0 Å². The van der Waals surface area contributed by atoms with E-state index in [1.165, 1.54) is 32.4 Å². The number of urea groups is 1. The number of benzene rings is 2. The highest BCUT2D eigenvalue weighted by atomic mass is 35.5. The molecule has 1 atom stereocenters. The molecule has 0 saturated carbocycles. The van der Waals surface area contributed by atoms with E-state index in [9.17, 15) is 14.4 Å². The molecule has 0 aromatic heterocycles. The van der Waals surface area contributed by atoms with Gasteiger partial charge in [-0.2, -0.15) is 0 Å². The molecule has 1 saturated heterocycles. The minimum atomic E-state index is -1.36. The Morgan fingerprint density at radius 3 is 2.30 bits per heavy atom. The van der Waals surface area contributed by atoms with E-state index in [0.717, 1.165) is 4.90 Å². The van der Waals surface area contributed by atoms with Gasteiger partial charge in [-0.15, -0.1) is 0 Å². The van der Waals surface area contributed by atoms with Crippen molar-refractivity contribution in [3.8, 4) is 11.5 Å². The molecule has 3 rings (SSSR count). The monoisotopic (exact) mass is 451 g/mol. The lowest BCUT2D eigenvalue weighted by Gasteiger charge is -2.23. The van der Waals surface area contributed by atoms with Crippen LogP contribution in [-0.2, 0) is 15.1 Å². The van der Waals surface area contributed by atoms with Crippen molar-refractivity contribution in [2.75, 3.05) is 26.1 Å². The number of nitrogens with one attached hydrogen (secondary N) is 2. The van der Waals surface area contributed by atoms with Gasteiger partial charge in [0.2, 0.25) is 5.91 Å². The molecule has 1 aliphatic rings. The van der Waals surface area contributed by atoms with Gasteiger partial charge in [0.05, 0.1) is 14.2 Å². The van der Waals surface area contributed by atoms with Gasteiger partial charge in [0, 0.05) is 15.7 Å². The van der Waals surface area contributed by atoms with E-state index in [4.69, 9.17) is 32.7 Å². The molecule has 0 bridgehead atoms. The number of methoxy groups -OCH3 is 2. The predicted octanol–water partition coefficient (Wildman–Crippen LogP) is 3.42. The standard InChI is InChI=1S/C20H19Cl2N3O5/c1-20(11-4-5-15(29-2)16(6-11)30-3)18(27)25(19(28)24-20)10-17(26)23-14-8-12(21)7-13(22)9-14/h4-9H,10H2,1-3H3,(H,23,26)(H,24,28). The lowest BCUT2D eigenvalue weighted by molar-refractivity contribution is -0.133. The number of anilines is 1. The number of halogens is 2. The molecule has 2 N–H and O–H groups in total. The normalized spacial score (nSPS) is 18.2. The third-order valence-corrected chi connectivity index (χ3v) is 5.12. The van der Waals surface area contributed by atoms with E-state index in [2.05, 4.69) is 10.6 Å². The first-order valence-electron chi connectivity index (χ1n) is 8.80. The average Bonchev–Trinajstić information content (AvgIpc) is 2.90. The van der Waals surface area contributed by atoms with Crippen LogP contribution < -0.4 is 20.1 Å². The van der Waals surface area contributed by atoms with Crippen LogP contribution >= 0.6 is 23.2 Å². The zero-order valence-corrected chi connectivity index (χ0v) is 17.9. The summed E-state index contributed by atoms with van der Waals surface area (Å²) in [6, 6.07) is 8.74. The summed E-state index contributed by atoms with van der Waals surface area (Å²) in [4.78, 5) is 38.8. The maximum absolute atomic E-state index is 13.0. The van der Waals surface area contributed by atoms with Gasteiger partial charge in [0.25, 0.3) is 5.91 Å². The Kier molecular flexibility index (Phi) is 6.09. The Hall–Kier alpha value is -2.97. The second kappa shape index (κ2) is 8.41. The number of ether oxygens (including phenoxy) is 2. The van der Waals surface area contributed by atoms with Crippen LogP contribution in [0.15, 0.2) is 36.4 Å². The summed E-state index contributed by atoms with van der Waals surface area (Å²) < 4.78 is 10.5. The quantitative estimate of drug-likeness (QED) is 0.655. The highest BCUT2D eigenvalue weighted by Gasteiger charge is 2.49. The average molecular weight is 452 g/mol. The van der Waals surface area contributed by atoms with E-state index in [-0.39, 0.29) is 0 Å². The maximum Gasteiger partial charge on any atom is 0.325 e. The zero-order chi connectivity index (χ0) is 22.1. The zero-order valence-electron chi connectivity index (χ0n) is 16.4. The number of hydrogen-bond acceptors (Lipinski definition) is 5. The van der Waals surface area contributed by atoms with Crippen molar-refractivity contribution in [1.29, 1.82) is 0 Å². The van der Waals surface area contributed by atoms with Crippen LogP contribution in [0.4, 0.5) is 10.5 Å². The van der Waals surface area contributed by atoms with Crippen molar-refractivity contribution in [2.45, 2.75) is 12.5 Å². The number of rotatable bonds is 6. The van der Waals surface area contributed by atoms with E-state index >= 15 is 0 Å². The van der Waals surface area contributed by atoms with Gasteiger partial charge >= 0.3 is 6.03 Å². The fourth-order valence-corrected chi connectivity index (χ4v) is 3.68. The molecule has 0 aliphatic carbocycles. The summed E-state index contributed by atoms with van der Waals surface area (Å²) in [7, 11) is 2.97. The van der Waals surface area contributed by atoms with Crippen LogP contribution in [-0.4, -0.2) is 43.5 Å².